The van der Waals surface area contributed by atoms with Crippen molar-refractivity contribution >= 4 is 17.5 Å². The van der Waals surface area contributed by atoms with Crippen molar-refractivity contribution in [2.24, 2.45) is 0 Å². The van der Waals surface area contributed by atoms with E-state index in [0.717, 1.165) is 5.69 Å². The molecule has 0 spiro atoms. The summed E-state index contributed by atoms with van der Waals surface area (Å²) in [5, 5.41) is 24.3. The molecule has 3 aliphatic heterocycles. The van der Waals surface area contributed by atoms with Gasteiger partial charge in [0.1, 0.15) is 11.8 Å². The number of halogens is 3. The summed E-state index contributed by atoms with van der Waals surface area (Å²) in [5.74, 6) is 0.732. The summed E-state index contributed by atoms with van der Waals surface area (Å²) in [6.45, 7) is 1.82. The largest absolute Gasteiger partial charge is 0.507 e. The van der Waals surface area contributed by atoms with Crippen LogP contribution in [-0.4, -0.2) is 95.2 Å². The molecule has 3 N–H and O–H groups in total. The van der Waals surface area contributed by atoms with Gasteiger partial charge in [-0.05, 0) is 18.2 Å². The first-order valence-corrected chi connectivity index (χ1v) is 10.8. The number of nitrogens with one attached hydrogen (secondary N) is 2. The highest BCUT2D eigenvalue weighted by Crippen LogP contribution is 2.36. The first-order valence-electron chi connectivity index (χ1n) is 10.8. The molecule has 0 aliphatic carbocycles. The van der Waals surface area contributed by atoms with Crippen LogP contribution in [0.25, 0.3) is 11.3 Å². The van der Waals surface area contributed by atoms with Gasteiger partial charge in [0.15, 0.2) is 5.82 Å². The van der Waals surface area contributed by atoms with Crippen molar-refractivity contribution in [2.45, 2.75) is 18.3 Å². The second-order valence-electron chi connectivity index (χ2n) is 8.43. The zero-order chi connectivity index (χ0) is 23.2. The van der Waals surface area contributed by atoms with Crippen molar-refractivity contribution in [3.63, 3.8) is 0 Å². The minimum Gasteiger partial charge on any atom is -0.507 e. The number of alkyl halides is 3. The Hall–Kier alpha value is -3.28. The standard InChI is InChI=1S/C21H24F3N7O2/c22-21(23,24)18-12-29(6-5-25-18)20(33)30-7-8-31-13(11-30)10-26-19-16(31)9-15(27-28-19)14-3-1-2-4-17(14)32/h1-4,9,13,18,25,32H,5-8,10-12H2,(H,26,28)/t13-,18?/m0/s1. The maximum atomic E-state index is 13.1. The van der Waals surface area contributed by atoms with Gasteiger partial charge in [-0.3, -0.25) is 0 Å². The summed E-state index contributed by atoms with van der Waals surface area (Å²) in [4.78, 5) is 18.1. The van der Waals surface area contributed by atoms with E-state index in [1.807, 2.05) is 6.07 Å². The van der Waals surface area contributed by atoms with Crippen molar-refractivity contribution in [2.75, 3.05) is 56.0 Å². The molecule has 2 atom stereocenters. The number of hydrogen-bond donors (Lipinski definition) is 3. The van der Waals surface area contributed by atoms with E-state index in [-0.39, 0.29) is 37.5 Å². The molecule has 1 aromatic carbocycles. The van der Waals surface area contributed by atoms with E-state index in [4.69, 9.17) is 0 Å². The van der Waals surface area contributed by atoms with E-state index in [1.165, 1.54) is 4.90 Å². The number of anilines is 2. The lowest BCUT2D eigenvalue weighted by atomic mass is 10.1. The molecule has 3 aliphatic rings. The summed E-state index contributed by atoms with van der Waals surface area (Å²) in [6, 6.07) is 6.62. The van der Waals surface area contributed by atoms with Crippen LogP contribution in [0, 0.1) is 0 Å². The van der Waals surface area contributed by atoms with Crippen molar-refractivity contribution < 1.29 is 23.1 Å². The van der Waals surface area contributed by atoms with E-state index in [9.17, 15) is 23.1 Å². The number of hydrogen-bond acceptors (Lipinski definition) is 7. The molecular formula is C21H24F3N7O2. The molecule has 33 heavy (non-hydrogen) atoms. The van der Waals surface area contributed by atoms with E-state index in [2.05, 4.69) is 25.7 Å². The molecule has 9 nitrogen and oxygen atoms in total. The number of aromatic hydroxyl groups is 1. The number of phenolic OH excluding ortho intramolecular Hbond substituents is 1. The maximum Gasteiger partial charge on any atom is 0.405 e. The Bertz CT molecular complexity index is 1050. The Morgan fingerprint density at radius 1 is 1.09 bits per heavy atom. The summed E-state index contributed by atoms with van der Waals surface area (Å²) in [7, 11) is 0. The van der Waals surface area contributed by atoms with E-state index in [0.29, 0.717) is 43.3 Å². The monoisotopic (exact) mass is 463 g/mol. The third-order valence-corrected chi connectivity index (χ3v) is 6.36. The summed E-state index contributed by atoms with van der Waals surface area (Å²) < 4.78 is 39.3. The Balaban J connectivity index is 1.31. The Kier molecular flexibility index (Phi) is 5.39. The molecule has 0 radical (unpaired) electrons. The zero-order valence-electron chi connectivity index (χ0n) is 17.7. The predicted octanol–water partition coefficient (Wildman–Crippen LogP) is 1.72. The summed E-state index contributed by atoms with van der Waals surface area (Å²) in [5.41, 5.74) is 1.93. The SMILES string of the molecule is O=C(N1CCNC(C(F)(F)F)C1)N1CCN2c3cc(-c4ccccc4O)nnc3NC[C@H]2C1. The fourth-order valence-corrected chi connectivity index (χ4v) is 4.63. The highest BCUT2D eigenvalue weighted by molar-refractivity contribution is 5.78. The van der Waals surface area contributed by atoms with Gasteiger partial charge in [-0.25, -0.2) is 4.79 Å². The van der Waals surface area contributed by atoms with Crippen molar-refractivity contribution in [3.8, 4) is 17.0 Å². The molecular weight excluding hydrogens is 439 g/mol. The summed E-state index contributed by atoms with van der Waals surface area (Å²) in [6.07, 6.45) is -4.39. The van der Waals surface area contributed by atoms with Gasteiger partial charge in [-0.15, -0.1) is 10.2 Å². The number of nitrogens with zero attached hydrogens (tertiary/aromatic N) is 5. The third kappa shape index (κ3) is 4.10. The van der Waals surface area contributed by atoms with Gasteiger partial charge in [0, 0.05) is 51.4 Å². The minimum atomic E-state index is -4.39. The molecule has 2 fully saturated rings. The Labute approximate surface area is 188 Å². The number of rotatable bonds is 1. The number of benzene rings is 1. The van der Waals surface area contributed by atoms with Gasteiger partial charge < -0.3 is 30.4 Å². The van der Waals surface area contributed by atoms with Crippen LogP contribution in [-0.2, 0) is 0 Å². The van der Waals surface area contributed by atoms with Crippen molar-refractivity contribution in [3.05, 3.63) is 30.3 Å². The topological polar surface area (TPSA) is 96.9 Å². The number of carbonyl (C=O) groups excluding carboxylic acids is 1. The van der Waals surface area contributed by atoms with Gasteiger partial charge in [-0.1, -0.05) is 12.1 Å². The van der Waals surface area contributed by atoms with Crippen LogP contribution in [0.5, 0.6) is 5.75 Å². The van der Waals surface area contributed by atoms with Crippen LogP contribution in [0.1, 0.15) is 0 Å². The molecule has 176 valence electrons. The molecule has 1 unspecified atom stereocenters. The van der Waals surface area contributed by atoms with Crippen LogP contribution in [0.4, 0.5) is 29.5 Å². The third-order valence-electron chi connectivity index (χ3n) is 6.36. The van der Waals surface area contributed by atoms with Crippen molar-refractivity contribution in [1.82, 2.24) is 25.3 Å². The fourth-order valence-electron chi connectivity index (χ4n) is 4.63. The highest BCUT2D eigenvalue weighted by atomic mass is 19.4. The molecule has 0 saturated carbocycles. The number of urea groups is 1. The predicted molar refractivity (Wildman–Crippen MR) is 115 cm³/mol. The van der Waals surface area contributed by atoms with Crippen LogP contribution in [0.3, 0.4) is 0 Å². The molecule has 5 rings (SSSR count). The lowest BCUT2D eigenvalue weighted by Gasteiger charge is -2.47. The van der Waals surface area contributed by atoms with Crippen molar-refractivity contribution in [1.29, 1.82) is 0 Å². The van der Waals surface area contributed by atoms with E-state index in [1.54, 1.807) is 29.2 Å². The number of amides is 2. The molecule has 12 heteroatoms. The van der Waals surface area contributed by atoms with Gasteiger partial charge in [0.25, 0.3) is 0 Å². The lowest BCUT2D eigenvalue weighted by molar-refractivity contribution is -0.162. The first kappa shape index (κ1) is 21.6. The molecule has 2 saturated heterocycles. The van der Waals surface area contributed by atoms with Gasteiger partial charge >= 0.3 is 12.2 Å². The quantitative estimate of drug-likeness (QED) is 0.593. The maximum absolute atomic E-state index is 13.1. The second-order valence-corrected chi connectivity index (χ2v) is 8.43. The fraction of sp³-hybridized carbons (Fsp3) is 0.476. The van der Waals surface area contributed by atoms with Crippen LogP contribution < -0.4 is 15.5 Å². The first-order chi connectivity index (χ1) is 15.8. The number of carbonyl (C=O) groups is 1. The van der Waals surface area contributed by atoms with Gasteiger partial charge in [0.2, 0.25) is 0 Å². The van der Waals surface area contributed by atoms with E-state index < -0.39 is 12.2 Å². The lowest BCUT2D eigenvalue weighted by Crippen LogP contribution is -2.64. The number of fused-ring (bicyclic) bond motifs is 3. The highest BCUT2D eigenvalue weighted by Gasteiger charge is 2.44. The zero-order valence-corrected chi connectivity index (χ0v) is 17.7. The molecule has 4 heterocycles. The van der Waals surface area contributed by atoms with Gasteiger partial charge in [0.05, 0.1) is 17.4 Å². The number of piperazine rings is 2. The molecule has 2 amide bonds. The normalized spacial score (nSPS) is 22.9. The van der Waals surface area contributed by atoms with Gasteiger partial charge in [-0.2, -0.15) is 13.2 Å². The Morgan fingerprint density at radius 3 is 2.67 bits per heavy atom. The number of aromatic nitrogens is 2. The molecule has 0 bridgehead atoms. The number of phenols is 1. The van der Waals surface area contributed by atoms with E-state index >= 15 is 0 Å². The minimum absolute atomic E-state index is 0.0575. The van der Waals surface area contributed by atoms with Crippen LogP contribution >= 0.6 is 0 Å². The van der Waals surface area contributed by atoms with Crippen LogP contribution in [0.2, 0.25) is 0 Å². The van der Waals surface area contributed by atoms with Crippen LogP contribution in [0.15, 0.2) is 30.3 Å². The average Bonchev–Trinajstić information content (AvgIpc) is 2.82. The second kappa shape index (κ2) is 8.25. The Morgan fingerprint density at radius 2 is 1.88 bits per heavy atom. The number of para-hydroxylation sites is 1. The summed E-state index contributed by atoms with van der Waals surface area (Å²) >= 11 is 0. The molecule has 1 aromatic heterocycles. The molecule has 2 aromatic rings. The average molecular weight is 463 g/mol. The smallest absolute Gasteiger partial charge is 0.405 e.